The number of fused-ring (bicyclic) bond motifs is 2. The first-order valence-corrected chi connectivity index (χ1v) is 8.13. The maximum atomic E-state index is 12.6. The zero-order valence-corrected chi connectivity index (χ0v) is 12.8. The molecule has 4 heteroatoms. The number of hydrogen-bond acceptors (Lipinski definition) is 3. The summed E-state index contributed by atoms with van der Waals surface area (Å²) in [5.41, 5.74) is 3.05. The Morgan fingerprint density at radius 2 is 2.24 bits per heavy atom. The lowest BCUT2D eigenvalue weighted by Gasteiger charge is -2.24. The van der Waals surface area contributed by atoms with E-state index in [1.165, 1.54) is 16.0 Å². The minimum Gasteiger partial charge on any atom is -0.364 e. The van der Waals surface area contributed by atoms with Crippen LogP contribution in [0.25, 0.3) is 0 Å². The number of rotatable bonds is 1. The van der Waals surface area contributed by atoms with Gasteiger partial charge < -0.3 is 9.64 Å². The van der Waals surface area contributed by atoms with Gasteiger partial charge in [-0.15, -0.1) is 11.3 Å². The summed E-state index contributed by atoms with van der Waals surface area (Å²) in [4.78, 5) is 15.7. The lowest BCUT2D eigenvalue weighted by atomic mass is 9.92. The van der Waals surface area contributed by atoms with E-state index < -0.39 is 0 Å². The summed E-state index contributed by atoms with van der Waals surface area (Å²) in [7, 11) is 0. The van der Waals surface area contributed by atoms with Crippen molar-refractivity contribution >= 4 is 17.2 Å². The van der Waals surface area contributed by atoms with E-state index in [4.69, 9.17) is 4.74 Å². The number of hydrogen-bond donors (Lipinski definition) is 0. The van der Waals surface area contributed by atoms with Crippen LogP contribution in [0.2, 0.25) is 0 Å². The highest BCUT2D eigenvalue weighted by Crippen LogP contribution is 2.43. The summed E-state index contributed by atoms with van der Waals surface area (Å²) in [6.07, 6.45) is 0.888. The van der Waals surface area contributed by atoms with Crippen molar-refractivity contribution in [1.29, 1.82) is 0 Å². The SMILES string of the molecule is Cc1cc(C(=O)N2CCC3(C2)OCc2ccccc23)cs1. The molecule has 21 heavy (non-hydrogen) atoms. The van der Waals surface area contributed by atoms with Crippen molar-refractivity contribution in [3.8, 4) is 0 Å². The molecule has 108 valence electrons. The lowest BCUT2D eigenvalue weighted by molar-refractivity contribution is -0.0282. The number of thiophene rings is 1. The van der Waals surface area contributed by atoms with Crippen LogP contribution in [0, 0.1) is 6.92 Å². The third kappa shape index (κ3) is 2.01. The van der Waals surface area contributed by atoms with E-state index in [1.807, 2.05) is 29.3 Å². The summed E-state index contributed by atoms with van der Waals surface area (Å²) in [6, 6.07) is 10.3. The molecule has 1 fully saturated rings. The van der Waals surface area contributed by atoms with E-state index in [-0.39, 0.29) is 11.5 Å². The van der Waals surface area contributed by atoms with Crippen LogP contribution in [0.5, 0.6) is 0 Å². The summed E-state index contributed by atoms with van der Waals surface area (Å²) in [6.45, 7) is 4.12. The summed E-state index contributed by atoms with van der Waals surface area (Å²) < 4.78 is 6.10. The van der Waals surface area contributed by atoms with E-state index in [0.29, 0.717) is 13.2 Å². The Balaban J connectivity index is 1.60. The fraction of sp³-hybridized carbons (Fsp3) is 0.353. The van der Waals surface area contributed by atoms with Crippen molar-refractivity contribution in [2.45, 2.75) is 25.6 Å². The number of benzene rings is 1. The first-order valence-electron chi connectivity index (χ1n) is 7.25. The Kier molecular flexibility index (Phi) is 2.91. The number of amides is 1. The molecular formula is C17H17NO2S. The second-order valence-electron chi connectivity index (χ2n) is 5.86. The third-order valence-corrected chi connectivity index (χ3v) is 5.37. The molecule has 1 aromatic carbocycles. The van der Waals surface area contributed by atoms with Crippen molar-refractivity contribution in [1.82, 2.24) is 4.90 Å². The number of aryl methyl sites for hydroxylation is 1. The predicted octanol–water partition coefficient (Wildman–Crippen LogP) is 3.33. The van der Waals surface area contributed by atoms with Gasteiger partial charge in [0.2, 0.25) is 0 Å². The first kappa shape index (κ1) is 13.0. The van der Waals surface area contributed by atoms with Crippen LogP contribution >= 0.6 is 11.3 Å². The number of nitrogens with zero attached hydrogens (tertiary/aromatic N) is 1. The van der Waals surface area contributed by atoms with Gasteiger partial charge in [-0.25, -0.2) is 0 Å². The first-order chi connectivity index (χ1) is 10.2. The van der Waals surface area contributed by atoms with E-state index >= 15 is 0 Å². The molecule has 2 aliphatic heterocycles. The van der Waals surface area contributed by atoms with E-state index in [9.17, 15) is 4.79 Å². The van der Waals surface area contributed by atoms with Gasteiger partial charge in [-0.3, -0.25) is 4.79 Å². The van der Waals surface area contributed by atoms with Gasteiger partial charge in [-0.1, -0.05) is 24.3 Å². The van der Waals surface area contributed by atoms with Gasteiger partial charge in [-0.2, -0.15) is 0 Å². The fourth-order valence-corrected chi connectivity index (χ4v) is 4.09. The highest BCUT2D eigenvalue weighted by molar-refractivity contribution is 7.10. The summed E-state index contributed by atoms with van der Waals surface area (Å²) >= 11 is 1.63. The standard InChI is InChI=1S/C17H17NO2S/c1-12-8-14(10-21-12)16(19)18-7-6-17(11-18)15-5-3-2-4-13(15)9-20-17/h2-5,8,10H,6-7,9,11H2,1H3. The van der Waals surface area contributed by atoms with Crippen LogP contribution in [0.1, 0.15) is 32.8 Å². The van der Waals surface area contributed by atoms with Crippen molar-refractivity contribution < 1.29 is 9.53 Å². The molecular weight excluding hydrogens is 282 g/mol. The van der Waals surface area contributed by atoms with Gasteiger partial charge in [0.25, 0.3) is 5.91 Å². The zero-order chi connectivity index (χ0) is 14.4. The van der Waals surface area contributed by atoms with Crippen molar-refractivity contribution in [3.05, 3.63) is 57.3 Å². The van der Waals surface area contributed by atoms with Crippen molar-refractivity contribution in [2.75, 3.05) is 13.1 Å². The van der Waals surface area contributed by atoms with Gasteiger partial charge >= 0.3 is 0 Å². The zero-order valence-electron chi connectivity index (χ0n) is 12.0. The van der Waals surface area contributed by atoms with Crippen LogP contribution in [0.3, 0.4) is 0 Å². The smallest absolute Gasteiger partial charge is 0.254 e. The number of ether oxygens (including phenoxy) is 1. The minimum absolute atomic E-state index is 0.129. The van der Waals surface area contributed by atoms with Gasteiger partial charge in [0.05, 0.1) is 18.7 Å². The summed E-state index contributed by atoms with van der Waals surface area (Å²) in [5, 5.41) is 1.95. The molecule has 0 saturated carbocycles. The number of carbonyl (C=O) groups is 1. The lowest BCUT2D eigenvalue weighted by Crippen LogP contribution is -2.34. The Labute approximate surface area is 128 Å². The molecule has 1 unspecified atom stereocenters. The van der Waals surface area contributed by atoms with Crippen molar-refractivity contribution in [2.24, 2.45) is 0 Å². The maximum absolute atomic E-state index is 12.6. The quantitative estimate of drug-likeness (QED) is 0.808. The third-order valence-electron chi connectivity index (χ3n) is 4.51. The average molecular weight is 299 g/mol. The fourth-order valence-electron chi connectivity index (χ4n) is 3.42. The molecule has 1 aromatic heterocycles. The molecule has 3 heterocycles. The maximum Gasteiger partial charge on any atom is 0.254 e. The topological polar surface area (TPSA) is 29.5 Å². The molecule has 0 aliphatic carbocycles. The molecule has 2 aromatic rings. The van der Waals surface area contributed by atoms with Crippen LogP contribution in [0.15, 0.2) is 35.7 Å². The Hall–Kier alpha value is -1.65. The largest absolute Gasteiger partial charge is 0.364 e. The van der Waals surface area contributed by atoms with Crippen LogP contribution in [-0.2, 0) is 16.9 Å². The molecule has 4 rings (SSSR count). The highest BCUT2D eigenvalue weighted by Gasteiger charge is 2.46. The average Bonchev–Trinajstić information content (AvgIpc) is 3.20. The normalized spacial score (nSPS) is 23.8. The minimum atomic E-state index is -0.280. The van der Waals surface area contributed by atoms with E-state index in [1.54, 1.807) is 11.3 Å². The van der Waals surface area contributed by atoms with E-state index in [2.05, 4.69) is 18.2 Å². The van der Waals surface area contributed by atoms with E-state index in [0.717, 1.165) is 18.5 Å². The summed E-state index contributed by atoms with van der Waals surface area (Å²) in [5.74, 6) is 0.129. The van der Waals surface area contributed by atoms with Gasteiger partial charge in [0.15, 0.2) is 0 Å². The van der Waals surface area contributed by atoms with Gasteiger partial charge in [0.1, 0.15) is 5.60 Å². The van der Waals surface area contributed by atoms with Crippen LogP contribution in [-0.4, -0.2) is 23.9 Å². The van der Waals surface area contributed by atoms with Gasteiger partial charge in [-0.05, 0) is 30.5 Å². The predicted molar refractivity (Wildman–Crippen MR) is 82.5 cm³/mol. The molecule has 3 nitrogen and oxygen atoms in total. The van der Waals surface area contributed by atoms with Gasteiger partial charge in [0, 0.05) is 16.8 Å². The monoisotopic (exact) mass is 299 g/mol. The molecule has 1 atom stereocenters. The Morgan fingerprint density at radius 3 is 3.05 bits per heavy atom. The second kappa shape index (κ2) is 4.68. The highest BCUT2D eigenvalue weighted by atomic mass is 32.1. The molecule has 0 bridgehead atoms. The Morgan fingerprint density at radius 1 is 1.38 bits per heavy atom. The number of carbonyl (C=O) groups excluding carboxylic acids is 1. The number of likely N-dealkylation sites (tertiary alicyclic amines) is 1. The molecule has 1 amide bonds. The van der Waals surface area contributed by atoms with Crippen molar-refractivity contribution in [3.63, 3.8) is 0 Å². The second-order valence-corrected chi connectivity index (χ2v) is 6.98. The Bertz CT molecular complexity index is 708. The molecule has 0 N–H and O–H groups in total. The molecule has 0 radical (unpaired) electrons. The molecule has 1 saturated heterocycles. The molecule has 1 spiro atoms. The van der Waals surface area contributed by atoms with Crippen LogP contribution < -0.4 is 0 Å². The molecule has 2 aliphatic rings. The van der Waals surface area contributed by atoms with Crippen LogP contribution in [0.4, 0.5) is 0 Å².